The molecular formula is C15H18FNO2. The van der Waals surface area contributed by atoms with E-state index in [4.69, 9.17) is 0 Å². The molecule has 1 N–H and O–H groups in total. The average Bonchev–Trinajstić information content (AvgIpc) is 2.41. The summed E-state index contributed by atoms with van der Waals surface area (Å²) in [4.78, 5) is 14.0. The van der Waals surface area contributed by atoms with Gasteiger partial charge in [0, 0.05) is 19.0 Å². The highest BCUT2D eigenvalue weighted by Gasteiger charge is 2.31. The maximum Gasteiger partial charge on any atom is 0.253 e. The van der Waals surface area contributed by atoms with Crippen LogP contribution in [0.5, 0.6) is 0 Å². The van der Waals surface area contributed by atoms with Crippen LogP contribution in [0.25, 0.3) is 0 Å². The normalized spacial score (nSPS) is 20.1. The number of halogens is 1. The Hall–Kier alpha value is -1.84. The van der Waals surface area contributed by atoms with Crippen LogP contribution >= 0.6 is 0 Å². The number of rotatable bonds is 3. The Labute approximate surface area is 112 Å². The highest BCUT2D eigenvalue weighted by molar-refractivity contribution is 5.94. The molecule has 3 nitrogen and oxygen atoms in total. The van der Waals surface area contributed by atoms with Gasteiger partial charge in [-0.05, 0) is 31.0 Å². The lowest BCUT2D eigenvalue weighted by Gasteiger charge is -2.35. The quantitative estimate of drug-likeness (QED) is 0.910. The summed E-state index contributed by atoms with van der Waals surface area (Å²) in [7, 11) is 0. The van der Waals surface area contributed by atoms with Gasteiger partial charge in [0.1, 0.15) is 11.6 Å². The third kappa shape index (κ3) is 2.78. The van der Waals surface area contributed by atoms with Gasteiger partial charge in [-0.15, -0.1) is 0 Å². The number of nitrogens with zero attached hydrogens (tertiary/aromatic N) is 1. The Morgan fingerprint density at radius 2 is 2.00 bits per heavy atom. The van der Waals surface area contributed by atoms with E-state index in [0.29, 0.717) is 18.5 Å². The summed E-state index contributed by atoms with van der Waals surface area (Å²) in [5, 5.41) is 9.75. The first-order valence-electron chi connectivity index (χ1n) is 6.47. The number of carbonyl (C=O) groups is 1. The molecule has 1 heterocycles. The topological polar surface area (TPSA) is 40.5 Å². The number of aliphatic hydroxyl groups is 1. The molecule has 19 heavy (non-hydrogen) atoms. The fourth-order valence-electron chi connectivity index (χ4n) is 2.34. The number of carbonyl (C=O) groups excluding carboxylic acids is 1. The summed E-state index contributed by atoms with van der Waals surface area (Å²) in [6, 6.07) is 6.16. The molecule has 1 aliphatic rings. The molecule has 4 heteroatoms. The van der Waals surface area contributed by atoms with Gasteiger partial charge in [-0.2, -0.15) is 0 Å². The van der Waals surface area contributed by atoms with E-state index in [1.54, 1.807) is 24.0 Å². The second-order valence-electron chi connectivity index (χ2n) is 4.90. The van der Waals surface area contributed by atoms with Crippen LogP contribution in [-0.2, 0) is 11.3 Å². The molecule has 0 saturated heterocycles. The van der Waals surface area contributed by atoms with Crippen molar-refractivity contribution >= 4 is 5.91 Å². The van der Waals surface area contributed by atoms with Crippen molar-refractivity contribution in [3.8, 4) is 0 Å². The van der Waals surface area contributed by atoms with Crippen molar-refractivity contribution in [3.05, 3.63) is 47.0 Å². The lowest BCUT2D eigenvalue weighted by atomic mass is 9.98. The molecule has 0 saturated carbocycles. The average molecular weight is 263 g/mol. The molecule has 1 atom stereocenters. The summed E-state index contributed by atoms with van der Waals surface area (Å²) >= 11 is 0. The van der Waals surface area contributed by atoms with Crippen molar-refractivity contribution in [1.82, 2.24) is 4.90 Å². The first-order valence-corrected chi connectivity index (χ1v) is 6.47. The van der Waals surface area contributed by atoms with Gasteiger partial charge < -0.3 is 10.0 Å². The minimum atomic E-state index is -0.283. The van der Waals surface area contributed by atoms with Crippen molar-refractivity contribution in [1.29, 1.82) is 0 Å². The summed E-state index contributed by atoms with van der Waals surface area (Å²) < 4.78 is 12.9. The highest BCUT2D eigenvalue weighted by atomic mass is 19.1. The summed E-state index contributed by atoms with van der Waals surface area (Å²) in [6.07, 6.45) is 1.28. The van der Waals surface area contributed by atoms with Crippen molar-refractivity contribution in [2.75, 3.05) is 0 Å². The minimum Gasteiger partial charge on any atom is -0.512 e. The van der Waals surface area contributed by atoms with E-state index in [0.717, 1.165) is 12.0 Å². The highest BCUT2D eigenvalue weighted by Crippen LogP contribution is 2.26. The van der Waals surface area contributed by atoms with E-state index in [2.05, 4.69) is 0 Å². The van der Waals surface area contributed by atoms with Gasteiger partial charge >= 0.3 is 0 Å². The molecule has 0 radical (unpaired) electrons. The Balaban J connectivity index is 2.22. The number of hydrogen-bond acceptors (Lipinski definition) is 2. The Morgan fingerprint density at radius 3 is 2.58 bits per heavy atom. The molecular weight excluding hydrogens is 245 g/mol. The van der Waals surface area contributed by atoms with Crippen LogP contribution < -0.4 is 0 Å². The molecule has 0 bridgehead atoms. The predicted octanol–water partition coefficient (Wildman–Crippen LogP) is 3.17. The van der Waals surface area contributed by atoms with Crippen LogP contribution in [0.15, 0.2) is 35.6 Å². The maximum absolute atomic E-state index is 12.9. The molecule has 2 rings (SSSR count). The van der Waals surface area contributed by atoms with Gasteiger partial charge in [-0.25, -0.2) is 4.39 Å². The van der Waals surface area contributed by atoms with E-state index in [1.807, 2.05) is 6.92 Å². The SMILES string of the molecule is CCC1CC(O)=C(C)C(=O)N1Cc1ccc(F)cc1. The third-order valence-corrected chi connectivity index (χ3v) is 3.62. The van der Waals surface area contributed by atoms with Crippen molar-refractivity contribution < 1.29 is 14.3 Å². The number of aliphatic hydroxyl groups excluding tert-OH is 1. The second-order valence-corrected chi connectivity index (χ2v) is 4.90. The first-order chi connectivity index (χ1) is 9.02. The Bertz CT molecular complexity index is 507. The van der Waals surface area contributed by atoms with E-state index < -0.39 is 0 Å². The number of amides is 1. The maximum atomic E-state index is 12.9. The molecule has 0 aromatic heterocycles. The molecule has 1 aromatic carbocycles. The monoisotopic (exact) mass is 263 g/mol. The van der Waals surface area contributed by atoms with Crippen LogP contribution in [-0.4, -0.2) is 22.0 Å². The Morgan fingerprint density at radius 1 is 1.37 bits per heavy atom. The zero-order valence-corrected chi connectivity index (χ0v) is 11.2. The van der Waals surface area contributed by atoms with E-state index >= 15 is 0 Å². The zero-order valence-electron chi connectivity index (χ0n) is 11.2. The summed E-state index contributed by atoms with van der Waals surface area (Å²) in [5.74, 6) is -0.235. The fourth-order valence-corrected chi connectivity index (χ4v) is 2.34. The van der Waals surface area contributed by atoms with Crippen molar-refractivity contribution in [2.24, 2.45) is 0 Å². The van der Waals surface area contributed by atoms with E-state index in [-0.39, 0.29) is 23.5 Å². The minimum absolute atomic E-state index is 0.00116. The molecule has 0 fully saturated rings. The molecule has 102 valence electrons. The molecule has 1 unspecified atom stereocenters. The molecule has 1 aromatic rings. The van der Waals surface area contributed by atoms with Crippen LogP contribution in [0.4, 0.5) is 4.39 Å². The Kier molecular flexibility index (Phi) is 3.88. The van der Waals surface area contributed by atoms with Crippen LogP contribution in [0, 0.1) is 5.82 Å². The van der Waals surface area contributed by atoms with Gasteiger partial charge in [0.2, 0.25) is 0 Å². The van der Waals surface area contributed by atoms with Gasteiger partial charge in [0.05, 0.1) is 5.57 Å². The van der Waals surface area contributed by atoms with Crippen LogP contribution in [0.2, 0.25) is 0 Å². The lowest BCUT2D eigenvalue weighted by Crippen LogP contribution is -2.43. The second kappa shape index (κ2) is 5.43. The lowest BCUT2D eigenvalue weighted by molar-refractivity contribution is -0.131. The van der Waals surface area contributed by atoms with Gasteiger partial charge in [-0.3, -0.25) is 4.79 Å². The molecule has 1 amide bonds. The molecule has 1 aliphatic heterocycles. The van der Waals surface area contributed by atoms with E-state index in [1.165, 1.54) is 12.1 Å². The summed E-state index contributed by atoms with van der Waals surface area (Å²) in [5.41, 5.74) is 1.30. The van der Waals surface area contributed by atoms with Crippen LogP contribution in [0.3, 0.4) is 0 Å². The number of benzene rings is 1. The predicted molar refractivity (Wildman–Crippen MR) is 71.0 cm³/mol. The van der Waals surface area contributed by atoms with Crippen molar-refractivity contribution in [2.45, 2.75) is 39.3 Å². The molecule has 0 aliphatic carbocycles. The van der Waals surface area contributed by atoms with Crippen molar-refractivity contribution in [3.63, 3.8) is 0 Å². The van der Waals surface area contributed by atoms with Crippen LogP contribution in [0.1, 0.15) is 32.3 Å². The van der Waals surface area contributed by atoms with Gasteiger partial charge in [0.25, 0.3) is 5.91 Å². The largest absolute Gasteiger partial charge is 0.512 e. The fraction of sp³-hybridized carbons (Fsp3) is 0.400. The van der Waals surface area contributed by atoms with Gasteiger partial charge in [0.15, 0.2) is 0 Å². The standard InChI is InChI=1S/C15H18FNO2/c1-3-13-8-14(18)10(2)15(19)17(13)9-11-4-6-12(16)7-5-11/h4-7,13,18H,3,8-9H2,1-2H3. The number of hydrogen-bond donors (Lipinski definition) is 1. The first kappa shape index (κ1) is 13.6. The van der Waals surface area contributed by atoms with E-state index in [9.17, 15) is 14.3 Å². The molecule has 0 spiro atoms. The third-order valence-electron chi connectivity index (χ3n) is 3.62. The smallest absolute Gasteiger partial charge is 0.253 e. The van der Waals surface area contributed by atoms with Gasteiger partial charge in [-0.1, -0.05) is 19.1 Å². The summed E-state index contributed by atoms with van der Waals surface area (Å²) in [6.45, 7) is 4.08. The zero-order chi connectivity index (χ0) is 14.0.